The Morgan fingerprint density at radius 2 is 1.55 bits per heavy atom. The van der Waals surface area contributed by atoms with Gasteiger partial charge in [0.1, 0.15) is 5.82 Å². The average Bonchev–Trinajstić information content (AvgIpc) is 2.76. The lowest BCUT2D eigenvalue weighted by atomic mass is 10.0. The number of aromatic nitrogens is 3. The fourth-order valence-electron chi connectivity index (χ4n) is 3.31. The minimum absolute atomic E-state index is 0.0634. The topological polar surface area (TPSA) is 81.9 Å². The van der Waals surface area contributed by atoms with Crippen molar-refractivity contribution in [1.82, 2.24) is 14.8 Å². The van der Waals surface area contributed by atoms with Crippen molar-refractivity contribution in [2.24, 2.45) is 0 Å². The largest absolute Gasteiger partial charge is 0.274 e. The number of hydrogen-bond donors (Lipinski definition) is 0. The van der Waals surface area contributed by atoms with Gasteiger partial charge in [-0.25, -0.2) is 17.5 Å². The molecule has 0 aliphatic carbocycles. The molecule has 4 rings (SSSR count). The van der Waals surface area contributed by atoms with E-state index in [0.29, 0.717) is 22.3 Å². The molecule has 0 atom stereocenters. The molecule has 0 amide bonds. The van der Waals surface area contributed by atoms with E-state index in [4.69, 9.17) is 0 Å². The molecule has 0 radical (unpaired) electrons. The third-order valence-electron chi connectivity index (χ3n) is 4.84. The van der Waals surface area contributed by atoms with Crippen LogP contribution in [0.15, 0.2) is 88.9 Å². The first-order chi connectivity index (χ1) is 14.8. The number of benzene rings is 2. The molecule has 0 N–H and O–H groups in total. The van der Waals surface area contributed by atoms with E-state index in [1.165, 1.54) is 41.2 Å². The van der Waals surface area contributed by atoms with Crippen molar-refractivity contribution >= 4 is 9.84 Å². The molecule has 0 bridgehead atoms. The SMILES string of the molecule is CS(=O)(=O)c1cc(-c2ccnn(Cc3ccncc3)c2=O)ccc1-c1ccc(F)cc1. The third kappa shape index (κ3) is 4.44. The third-order valence-corrected chi connectivity index (χ3v) is 5.98. The van der Waals surface area contributed by atoms with E-state index in [-0.39, 0.29) is 17.0 Å². The van der Waals surface area contributed by atoms with Crippen LogP contribution in [0.3, 0.4) is 0 Å². The van der Waals surface area contributed by atoms with Gasteiger partial charge in [-0.2, -0.15) is 5.10 Å². The summed E-state index contributed by atoms with van der Waals surface area (Å²) in [6.45, 7) is 0.266. The van der Waals surface area contributed by atoms with Gasteiger partial charge in [0.15, 0.2) is 9.84 Å². The van der Waals surface area contributed by atoms with Crippen LogP contribution in [0.2, 0.25) is 0 Å². The number of sulfone groups is 1. The van der Waals surface area contributed by atoms with E-state index in [0.717, 1.165) is 11.8 Å². The average molecular weight is 435 g/mol. The Balaban J connectivity index is 1.81. The van der Waals surface area contributed by atoms with Crippen LogP contribution in [0.5, 0.6) is 0 Å². The summed E-state index contributed by atoms with van der Waals surface area (Å²) in [5.41, 5.74) is 2.33. The van der Waals surface area contributed by atoms with Crippen molar-refractivity contribution in [3.63, 3.8) is 0 Å². The Bertz CT molecular complexity index is 1400. The van der Waals surface area contributed by atoms with Gasteiger partial charge in [0, 0.05) is 30.4 Å². The lowest BCUT2D eigenvalue weighted by Gasteiger charge is -2.12. The molecule has 0 unspecified atom stereocenters. The van der Waals surface area contributed by atoms with Gasteiger partial charge in [-0.15, -0.1) is 0 Å². The van der Waals surface area contributed by atoms with E-state index in [9.17, 15) is 17.6 Å². The number of halogens is 1. The molecular formula is C23H18FN3O3S. The molecule has 31 heavy (non-hydrogen) atoms. The Morgan fingerprint density at radius 1 is 0.871 bits per heavy atom. The Morgan fingerprint density at radius 3 is 2.23 bits per heavy atom. The summed E-state index contributed by atoms with van der Waals surface area (Å²) in [4.78, 5) is 17.0. The zero-order valence-corrected chi connectivity index (χ0v) is 17.4. The summed E-state index contributed by atoms with van der Waals surface area (Å²) in [6, 6.07) is 15.5. The Hall–Kier alpha value is -3.65. The normalized spacial score (nSPS) is 11.4. The molecule has 2 aromatic carbocycles. The smallest absolute Gasteiger partial charge is 0.267 e. The summed E-state index contributed by atoms with van der Waals surface area (Å²) >= 11 is 0. The second-order valence-electron chi connectivity index (χ2n) is 7.05. The van der Waals surface area contributed by atoms with Crippen molar-refractivity contribution in [2.75, 3.05) is 6.26 Å². The molecule has 0 aliphatic rings. The maximum atomic E-state index is 13.3. The monoisotopic (exact) mass is 435 g/mol. The number of nitrogens with zero attached hydrogens (tertiary/aromatic N) is 3. The molecular weight excluding hydrogens is 417 g/mol. The van der Waals surface area contributed by atoms with Crippen LogP contribution in [-0.4, -0.2) is 29.4 Å². The lowest BCUT2D eigenvalue weighted by molar-refractivity contribution is 0.602. The fourth-order valence-corrected chi connectivity index (χ4v) is 4.24. The highest BCUT2D eigenvalue weighted by Gasteiger charge is 2.18. The zero-order valence-electron chi connectivity index (χ0n) is 16.6. The van der Waals surface area contributed by atoms with Crippen LogP contribution in [0.4, 0.5) is 4.39 Å². The standard InChI is InChI=1S/C23H18FN3O3S/c1-31(29,30)22-14-18(4-7-20(22)17-2-5-19(24)6-3-17)21-10-13-26-27(23(21)28)15-16-8-11-25-12-9-16/h2-14H,15H2,1H3. The van der Waals surface area contributed by atoms with E-state index < -0.39 is 15.7 Å². The van der Waals surface area contributed by atoms with Crippen molar-refractivity contribution < 1.29 is 12.8 Å². The predicted octanol–water partition coefficient (Wildman–Crippen LogP) is 3.56. The second kappa shape index (κ2) is 8.23. The molecule has 0 saturated heterocycles. The highest BCUT2D eigenvalue weighted by atomic mass is 32.2. The van der Waals surface area contributed by atoms with E-state index in [1.54, 1.807) is 42.7 Å². The molecule has 6 nitrogen and oxygen atoms in total. The Labute approximate surface area is 178 Å². The summed E-state index contributed by atoms with van der Waals surface area (Å²) < 4.78 is 39.6. The number of hydrogen-bond acceptors (Lipinski definition) is 5. The van der Waals surface area contributed by atoms with Crippen molar-refractivity contribution in [1.29, 1.82) is 0 Å². The van der Waals surface area contributed by atoms with E-state index in [1.807, 2.05) is 0 Å². The van der Waals surface area contributed by atoms with E-state index >= 15 is 0 Å². The van der Waals surface area contributed by atoms with Crippen molar-refractivity contribution in [3.8, 4) is 22.3 Å². The first-order valence-corrected chi connectivity index (χ1v) is 11.3. The highest BCUT2D eigenvalue weighted by Crippen LogP contribution is 2.31. The van der Waals surface area contributed by atoms with Crippen molar-refractivity contribution in [2.45, 2.75) is 11.4 Å². The highest BCUT2D eigenvalue weighted by molar-refractivity contribution is 7.90. The summed E-state index contributed by atoms with van der Waals surface area (Å²) in [6.07, 6.45) is 5.88. The van der Waals surface area contributed by atoms with Crippen LogP contribution in [0.1, 0.15) is 5.56 Å². The maximum absolute atomic E-state index is 13.3. The van der Waals surface area contributed by atoms with E-state index in [2.05, 4.69) is 10.1 Å². The van der Waals surface area contributed by atoms with Crippen LogP contribution < -0.4 is 5.56 Å². The van der Waals surface area contributed by atoms with Crippen molar-refractivity contribution in [3.05, 3.63) is 101 Å². The first kappa shape index (κ1) is 20.6. The van der Waals surface area contributed by atoms with Gasteiger partial charge in [-0.1, -0.05) is 24.3 Å². The molecule has 0 spiro atoms. The fraction of sp³-hybridized carbons (Fsp3) is 0.0870. The summed E-state index contributed by atoms with van der Waals surface area (Å²) in [5, 5.41) is 4.13. The molecule has 0 aliphatic heterocycles. The van der Waals surface area contributed by atoms with Crippen LogP contribution >= 0.6 is 0 Å². The van der Waals surface area contributed by atoms with Gasteiger partial charge in [-0.05, 0) is 53.1 Å². The molecule has 0 saturated carbocycles. The van der Waals surface area contributed by atoms with Gasteiger partial charge in [-0.3, -0.25) is 9.78 Å². The van der Waals surface area contributed by atoms with Crippen LogP contribution in [0.25, 0.3) is 22.3 Å². The number of pyridine rings is 1. The zero-order chi connectivity index (χ0) is 22.0. The molecule has 8 heteroatoms. The molecule has 156 valence electrons. The Kier molecular flexibility index (Phi) is 5.48. The minimum Gasteiger partial charge on any atom is -0.267 e. The van der Waals surface area contributed by atoms with Gasteiger partial charge in [0.05, 0.1) is 17.0 Å². The summed E-state index contributed by atoms with van der Waals surface area (Å²) in [5.74, 6) is -0.409. The van der Waals surface area contributed by atoms with Gasteiger partial charge in [0.2, 0.25) is 0 Å². The lowest BCUT2D eigenvalue weighted by Crippen LogP contribution is -2.24. The van der Waals surface area contributed by atoms with Gasteiger partial charge in [0.25, 0.3) is 5.56 Å². The molecule has 2 aromatic heterocycles. The quantitative estimate of drug-likeness (QED) is 0.479. The van der Waals surface area contributed by atoms with Crippen LogP contribution in [-0.2, 0) is 16.4 Å². The second-order valence-corrected chi connectivity index (χ2v) is 9.04. The summed E-state index contributed by atoms with van der Waals surface area (Å²) in [7, 11) is -3.62. The van der Waals surface area contributed by atoms with Gasteiger partial charge < -0.3 is 0 Å². The van der Waals surface area contributed by atoms with Crippen LogP contribution in [0, 0.1) is 5.82 Å². The predicted molar refractivity (Wildman–Crippen MR) is 116 cm³/mol. The maximum Gasteiger partial charge on any atom is 0.274 e. The molecule has 0 fully saturated rings. The minimum atomic E-state index is -3.62. The molecule has 2 heterocycles. The van der Waals surface area contributed by atoms with Gasteiger partial charge >= 0.3 is 0 Å². The first-order valence-electron chi connectivity index (χ1n) is 9.38. The number of rotatable bonds is 5. The molecule has 4 aromatic rings.